The van der Waals surface area contributed by atoms with Gasteiger partial charge >= 0.3 is 0 Å². The van der Waals surface area contributed by atoms with Crippen molar-refractivity contribution in [3.63, 3.8) is 0 Å². The molecule has 94 valence electrons. The van der Waals surface area contributed by atoms with E-state index in [2.05, 4.69) is 4.98 Å². The van der Waals surface area contributed by atoms with Crippen LogP contribution in [-0.2, 0) is 4.74 Å². The molecule has 0 bridgehead atoms. The smallest absolute Gasteiger partial charge is 0.255 e. The van der Waals surface area contributed by atoms with Gasteiger partial charge in [0.1, 0.15) is 5.15 Å². The molecule has 17 heavy (non-hydrogen) atoms. The van der Waals surface area contributed by atoms with Crippen molar-refractivity contribution < 1.29 is 9.53 Å². The Morgan fingerprint density at radius 2 is 2.24 bits per heavy atom. The minimum atomic E-state index is -0.166. The summed E-state index contributed by atoms with van der Waals surface area (Å²) in [5.41, 5.74) is 0.407. The lowest BCUT2D eigenvalue weighted by Gasteiger charge is -2.24. The summed E-state index contributed by atoms with van der Waals surface area (Å²) >= 11 is 11.5. The summed E-state index contributed by atoms with van der Waals surface area (Å²) in [7, 11) is 3.30. The van der Waals surface area contributed by atoms with Crippen LogP contribution in [0, 0.1) is 0 Å². The van der Waals surface area contributed by atoms with E-state index >= 15 is 0 Å². The number of halogens is 2. The molecule has 0 fully saturated rings. The van der Waals surface area contributed by atoms with Gasteiger partial charge in [-0.1, -0.05) is 23.2 Å². The van der Waals surface area contributed by atoms with E-state index in [1.54, 1.807) is 19.1 Å². The average Bonchev–Trinajstić information content (AvgIpc) is 2.31. The maximum atomic E-state index is 12.1. The third-order valence-electron chi connectivity index (χ3n) is 2.43. The molecule has 1 amide bonds. The van der Waals surface area contributed by atoms with Crippen LogP contribution in [0.4, 0.5) is 0 Å². The SMILES string of the molecule is COCC(C)N(C)C(=O)c1cnc(Cl)c(Cl)c1. The van der Waals surface area contributed by atoms with E-state index in [9.17, 15) is 4.79 Å². The van der Waals surface area contributed by atoms with Gasteiger partial charge in [0, 0.05) is 20.4 Å². The lowest BCUT2D eigenvalue weighted by molar-refractivity contribution is 0.0633. The van der Waals surface area contributed by atoms with E-state index < -0.39 is 0 Å². The molecule has 4 nitrogen and oxygen atoms in total. The zero-order chi connectivity index (χ0) is 13.0. The summed E-state index contributed by atoms with van der Waals surface area (Å²) < 4.78 is 5.00. The van der Waals surface area contributed by atoms with E-state index in [0.29, 0.717) is 12.2 Å². The molecule has 1 heterocycles. The molecule has 0 aliphatic rings. The number of likely N-dealkylation sites (N-methyl/N-ethyl adjacent to an activating group) is 1. The molecule has 6 heteroatoms. The molecule has 1 aromatic rings. The van der Waals surface area contributed by atoms with Gasteiger partial charge < -0.3 is 9.64 Å². The van der Waals surface area contributed by atoms with Crippen LogP contribution in [0.15, 0.2) is 12.3 Å². The standard InChI is InChI=1S/C11H14Cl2N2O2/c1-7(6-17-3)15(2)11(16)8-4-9(12)10(13)14-5-8/h4-5,7H,6H2,1-3H3. The van der Waals surface area contributed by atoms with Gasteiger partial charge in [-0.2, -0.15) is 0 Å². The Morgan fingerprint density at radius 3 is 2.76 bits per heavy atom. The van der Waals surface area contributed by atoms with Gasteiger partial charge in [0.25, 0.3) is 5.91 Å². The number of pyridine rings is 1. The maximum absolute atomic E-state index is 12.1. The largest absolute Gasteiger partial charge is 0.383 e. The summed E-state index contributed by atoms with van der Waals surface area (Å²) in [6.45, 7) is 2.36. The van der Waals surface area contributed by atoms with Crippen LogP contribution >= 0.6 is 23.2 Å². The van der Waals surface area contributed by atoms with Crippen molar-refractivity contribution in [2.45, 2.75) is 13.0 Å². The highest BCUT2D eigenvalue weighted by molar-refractivity contribution is 6.41. The van der Waals surface area contributed by atoms with Crippen LogP contribution in [-0.4, -0.2) is 42.6 Å². The molecule has 1 rings (SSSR count). The summed E-state index contributed by atoms with van der Waals surface area (Å²) in [6, 6.07) is 1.48. The lowest BCUT2D eigenvalue weighted by Crippen LogP contribution is -2.37. The fourth-order valence-electron chi connectivity index (χ4n) is 1.29. The van der Waals surface area contributed by atoms with E-state index in [0.717, 1.165) is 0 Å². The van der Waals surface area contributed by atoms with Crippen LogP contribution in [0.2, 0.25) is 10.2 Å². The molecule has 0 radical (unpaired) electrons. The van der Waals surface area contributed by atoms with Crippen LogP contribution in [0.25, 0.3) is 0 Å². The van der Waals surface area contributed by atoms with Gasteiger partial charge in [-0.3, -0.25) is 4.79 Å². The number of nitrogens with zero attached hydrogens (tertiary/aromatic N) is 2. The highest BCUT2D eigenvalue weighted by atomic mass is 35.5. The van der Waals surface area contributed by atoms with Gasteiger partial charge in [-0.25, -0.2) is 4.98 Å². The second-order valence-corrected chi connectivity index (χ2v) is 4.48. The van der Waals surface area contributed by atoms with Gasteiger partial charge in [-0.05, 0) is 13.0 Å². The molecule has 0 aliphatic heterocycles. The number of ether oxygens (including phenoxy) is 1. The number of hydrogen-bond donors (Lipinski definition) is 0. The summed E-state index contributed by atoms with van der Waals surface area (Å²) in [4.78, 5) is 17.5. The Morgan fingerprint density at radius 1 is 1.59 bits per heavy atom. The zero-order valence-electron chi connectivity index (χ0n) is 9.91. The first-order valence-corrected chi connectivity index (χ1v) is 5.80. The van der Waals surface area contributed by atoms with Crippen molar-refractivity contribution in [2.75, 3.05) is 20.8 Å². The topological polar surface area (TPSA) is 42.4 Å². The van der Waals surface area contributed by atoms with E-state index in [1.165, 1.54) is 12.3 Å². The minimum absolute atomic E-state index is 0.0260. The molecule has 0 saturated carbocycles. The van der Waals surface area contributed by atoms with Crippen molar-refractivity contribution in [1.82, 2.24) is 9.88 Å². The molecule has 0 saturated heterocycles. The Kier molecular flexibility index (Phi) is 5.18. The zero-order valence-corrected chi connectivity index (χ0v) is 11.4. The summed E-state index contributed by atoms with van der Waals surface area (Å²) in [5, 5.41) is 0.459. The van der Waals surface area contributed by atoms with Crippen molar-refractivity contribution in [1.29, 1.82) is 0 Å². The van der Waals surface area contributed by atoms with E-state index in [-0.39, 0.29) is 22.1 Å². The monoisotopic (exact) mass is 276 g/mol. The Bertz CT molecular complexity index is 412. The number of amides is 1. The Balaban J connectivity index is 2.85. The lowest BCUT2D eigenvalue weighted by atomic mass is 10.2. The normalized spacial score (nSPS) is 12.3. The third-order valence-corrected chi connectivity index (χ3v) is 3.12. The first-order chi connectivity index (χ1) is 7.97. The highest BCUT2D eigenvalue weighted by Gasteiger charge is 2.18. The average molecular weight is 277 g/mol. The van der Waals surface area contributed by atoms with Gasteiger partial charge in [-0.15, -0.1) is 0 Å². The van der Waals surface area contributed by atoms with E-state index in [1.807, 2.05) is 6.92 Å². The number of rotatable bonds is 4. The highest BCUT2D eigenvalue weighted by Crippen LogP contribution is 2.20. The van der Waals surface area contributed by atoms with Crippen LogP contribution in [0.5, 0.6) is 0 Å². The van der Waals surface area contributed by atoms with Crippen LogP contribution < -0.4 is 0 Å². The second-order valence-electron chi connectivity index (χ2n) is 3.72. The van der Waals surface area contributed by atoms with Crippen molar-refractivity contribution in [3.8, 4) is 0 Å². The number of carbonyl (C=O) groups excluding carboxylic acids is 1. The van der Waals surface area contributed by atoms with Crippen molar-refractivity contribution in [3.05, 3.63) is 28.0 Å². The molecule has 0 aliphatic carbocycles. The first-order valence-electron chi connectivity index (χ1n) is 5.04. The van der Waals surface area contributed by atoms with Crippen LogP contribution in [0.1, 0.15) is 17.3 Å². The molecular formula is C11H14Cl2N2O2. The third kappa shape index (κ3) is 3.56. The molecule has 0 aromatic carbocycles. The molecule has 0 spiro atoms. The summed E-state index contributed by atoms with van der Waals surface area (Å²) in [5.74, 6) is -0.166. The molecule has 1 unspecified atom stereocenters. The van der Waals surface area contributed by atoms with Crippen LogP contribution in [0.3, 0.4) is 0 Å². The molecule has 0 N–H and O–H groups in total. The predicted molar refractivity (Wildman–Crippen MR) is 67.7 cm³/mol. The molecular weight excluding hydrogens is 263 g/mol. The number of hydrogen-bond acceptors (Lipinski definition) is 3. The number of carbonyl (C=O) groups is 1. The van der Waals surface area contributed by atoms with Crippen molar-refractivity contribution >= 4 is 29.1 Å². The molecule has 1 atom stereocenters. The Labute approximate surface area is 110 Å². The number of aromatic nitrogens is 1. The quantitative estimate of drug-likeness (QED) is 0.794. The van der Waals surface area contributed by atoms with Gasteiger partial charge in [0.15, 0.2) is 0 Å². The van der Waals surface area contributed by atoms with Gasteiger partial charge in [0.05, 0.1) is 23.2 Å². The first kappa shape index (κ1) is 14.2. The second kappa shape index (κ2) is 6.19. The summed E-state index contributed by atoms with van der Waals surface area (Å²) in [6.07, 6.45) is 1.41. The molecule has 1 aromatic heterocycles. The fourth-order valence-corrected chi connectivity index (χ4v) is 1.56. The minimum Gasteiger partial charge on any atom is -0.383 e. The Hall–Kier alpha value is -0.840. The maximum Gasteiger partial charge on any atom is 0.255 e. The number of methoxy groups -OCH3 is 1. The van der Waals surface area contributed by atoms with E-state index in [4.69, 9.17) is 27.9 Å². The van der Waals surface area contributed by atoms with Crippen molar-refractivity contribution in [2.24, 2.45) is 0 Å². The predicted octanol–water partition coefficient (Wildman–Crippen LogP) is 2.50. The van der Waals surface area contributed by atoms with Gasteiger partial charge in [0.2, 0.25) is 0 Å². The fraction of sp³-hybridized carbons (Fsp3) is 0.455.